The fraction of sp³-hybridized carbons (Fsp3) is 0. The molecule has 7 heteroatoms. The number of aromatic amines is 1. The first-order chi connectivity index (χ1) is 12.6. The van der Waals surface area contributed by atoms with E-state index < -0.39 is 0 Å². The zero-order valence-corrected chi connectivity index (χ0v) is 14.8. The van der Waals surface area contributed by atoms with Crippen LogP contribution in [0, 0.1) is 0 Å². The first-order valence-electron chi connectivity index (χ1n) is 7.78. The van der Waals surface area contributed by atoms with Gasteiger partial charge in [-0.1, -0.05) is 41.4 Å². The lowest BCUT2D eigenvalue weighted by Gasteiger charge is -2.07. The Morgan fingerprint density at radius 3 is 2.77 bits per heavy atom. The average molecular weight is 383 g/mol. The molecular weight excluding hydrogens is 371 g/mol. The van der Waals surface area contributed by atoms with E-state index in [1.807, 2.05) is 24.4 Å². The van der Waals surface area contributed by atoms with Gasteiger partial charge in [0.05, 0.1) is 21.3 Å². The molecule has 0 spiro atoms. The van der Waals surface area contributed by atoms with Crippen molar-refractivity contribution in [1.82, 2.24) is 15.0 Å². The van der Waals surface area contributed by atoms with E-state index in [2.05, 4.69) is 20.3 Å². The first-order valence-corrected chi connectivity index (χ1v) is 8.53. The van der Waals surface area contributed by atoms with E-state index in [9.17, 15) is 4.79 Å². The Hall–Kier alpha value is -2.89. The number of benzene rings is 1. The van der Waals surface area contributed by atoms with Crippen LogP contribution in [-0.4, -0.2) is 20.9 Å². The lowest BCUT2D eigenvalue weighted by atomic mass is 10.1. The Kier molecular flexibility index (Phi) is 4.32. The number of hydrogen-bond donors (Lipinski definition) is 2. The summed E-state index contributed by atoms with van der Waals surface area (Å²) in [5.41, 5.74) is 2.65. The highest BCUT2D eigenvalue weighted by atomic mass is 35.5. The lowest BCUT2D eigenvalue weighted by Crippen LogP contribution is -2.13. The number of carbonyl (C=O) groups excluding carboxylic acids is 1. The van der Waals surface area contributed by atoms with Gasteiger partial charge >= 0.3 is 0 Å². The Labute approximate surface area is 159 Å². The van der Waals surface area contributed by atoms with Crippen molar-refractivity contribution >= 4 is 46.0 Å². The highest BCUT2D eigenvalue weighted by Gasteiger charge is 2.13. The molecule has 0 aliphatic heterocycles. The largest absolute Gasteiger partial charge is 0.345 e. The number of hydrogen-bond acceptors (Lipinski definition) is 3. The summed E-state index contributed by atoms with van der Waals surface area (Å²) in [6.45, 7) is 0. The highest BCUT2D eigenvalue weighted by molar-refractivity contribution is 6.34. The van der Waals surface area contributed by atoms with Crippen LogP contribution in [0.3, 0.4) is 0 Å². The van der Waals surface area contributed by atoms with Crippen molar-refractivity contribution in [2.45, 2.75) is 0 Å². The minimum absolute atomic E-state index is 0.316. The van der Waals surface area contributed by atoms with E-state index in [4.69, 9.17) is 23.2 Å². The quantitative estimate of drug-likeness (QED) is 0.512. The monoisotopic (exact) mass is 382 g/mol. The van der Waals surface area contributed by atoms with E-state index in [1.165, 1.54) is 0 Å². The van der Waals surface area contributed by atoms with E-state index in [1.54, 1.807) is 36.5 Å². The van der Waals surface area contributed by atoms with Crippen LogP contribution in [0.15, 0.2) is 60.9 Å². The maximum atomic E-state index is 12.4. The minimum Gasteiger partial charge on any atom is -0.345 e. The molecule has 26 heavy (non-hydrogen) atoms. The Morgan fingerprint density at radius 1 is 1.08 bits per heavy atom. The van der Waals surface area contributed by atoms with Crippen LogP contribution in [0.5, 0.6) is 0 Å². The number of nitrogens with zero attached hydrogens (tertiary/aromatic N) is 2. The van der Waals surface area contributed by atoms with Crippen molar-refractivity contribution in [3.63, 3.8) is 0 Å². The van der Waals surface area contributed by atoms with Crippen molar-refractivity contribution in [3.8, 4) is 11.3 Å². The van der Waals surface area contributed by atoms with Gasteiger partial charge in [-0.15, -0.1) is 0 Å². The molecule has 3 heterocycles. The number of pyridine rings is 2. The van der Waals surface area contributed by atoms with Gasteiger partial charge in [-0.25, -0.2) is 9.97 Å². The van der Waals surface area contributed by atoms with Gasteiger partial charge in [-0.3, -0.25) is 4.79 Å². The highest BCUT2D eigenvalue weighted by Crippen LogP contribution is 2.29. The number of anilines is 1. The van der Waals surface area contributed by atoms with Crippen molar-refractivity contribution in [2.75, 3.05) is 5.32 Å². The molecule has 0 saturated heterocycles. The van der Waals surface area contributed by atoms with E-state index >= 15 is 0 Å². The number of rotatable bonds is 3. The Bertz CT molecular complexity index is 1120. The summed E-state index contributed by atoms with van der Waals surface area (Å²) >= 11 is 12.1. The van der Waals surface area contributed by atoms with Crippen molar-refractivity contribution in [2.24, 2.45) is 0 Å². The van der Waals surface area contributed by atoms with Gasteiger partial charge in [0.2, 0.25) is 0 Å². The van der Waals surface area contributed by atoms with E-state index in [0.717, 1.165) is 16.6 Å². The van der Waals surface area contributed by atoms with E-state index in [-0.39, 0.29) is 5.91 Å². The first kappa shape index (κ1) is 16.6. The molecule has 4 aromatic rings. The van der Waals surface area contributed by atoms with Crippen molar-refractivity contribution in [1.29, 1.82) is 0 Å². The number of nitrogens with one attached hydrogen (secondary N) is 2. The van der Waals surface area contributed by atoms with Crippen LogP contribution in [0.1, 0.15) is 10.4 Å². The Balaban J connectivity index is 1.67. The van der Waals surface area contributed by atoms with Gasteiger partial charge in [0.1, 0.15) is 11.5 Å². The van der Waals surface area contributed by atoms with Gasteiger partial charge in [0.25, 0.3) is 5.91 Å². The summed E-state index contributed by atoms with van der Waals surface area (Å²) in [7, 11) is 0. The van der Waals surface area contributed by atoms with Gasteiger partial charge in [-0.05, 0) is 30.3 Å². The molecule has 0 unspecified atom stereocenters. The van der Waals surface area contributed by atoms with Crippen LogP contribution >= 0.6 is 23.2 Å². The molecule has 0 radical (unpaired) electrons. The van der Waals surface area contributed by atoms with Crippen molar-refractivity contribution in [3.05, 3.63) is 76.5 Å². The normalized spacial score (nSPS) is 10.8. The van der Waals surface area contributed by atoms with Gasteiger partial charge in [-0.2, -0.15) is 0 Å². The van der Waals surface area contributed by atoms with Crippen LogP contribution in [0.2, 0.25) is 10.0 Å². The van der Waals surface area contributed by atoms with Crippen LogP contribution < -0.4 is 5.32 Å². The summed E-state index contributed by atoms with van der Waals surface area (Å²) in [5, 5.41) is 4.57. The third-order valence-corrected chi connectivity index (χ3v) is 4.42. The summed E-state index contributed by atoms with van der Waals surface area (Å²) < 4.78 is 0. The molecule has 4 rings (SSSR count). The second-order valence-electron chi connectivity index (χ2n) is 5.59. The molecule has 1 aromatic carbocycles. The summed E-state index contributed by atoms with van der Waals surface area (Å²) in [5.74, 6) is 0.112. The third kappa shape index (κ3) is 3.14. The maximum absolute atomic E-state index is 12.4. The molecule has 3 aromatic heterocycles. The zero-order chi connectivity index (χ0) is 18.1. The predicted octanol–water partition coefficient (Wildman–Crippen LogP) is 5.18. The van der Waals surface area contributed by atoms with Gasteiger partial charge in [0, 0.05) is 23.3 Å². The summed E-state index contributed by atoms with van der Waals surface area (Å²) in [6, 6.07) is 14.1. The number of carbonyl (C=O) groups is 1. The molecule has 0 aliphatic rings. The third-order valence-electron chi connectivity index (χ3n) is 3.88. The lowest BCUT2D eigenvalue weighted by molar-refractivity contribution is 0.102. The maximum Gasteiger partial charge on any atom is 0.258 e. The number of H-pyrrole nitrogens is 1. The number of amides is 1. The number of aromatic nitrogens is 3. The molecule has 0 aliphatic carbocycles. The Morgan fingerprint density at radius 2 is 1.92 bits per heavy atom. The van der Waals surface area contributed by atoms with Crippen molar-refractivity contribution < 1.29 is 4.79 Å². The SMILES string of the molecule is O=C(Nc1cccc(-c2c[nH]c3ncc(Cl)cc23)n1)c1ccccc1Cl. The molecule has 0 saturated carbocycles. The van der Waals surface area contributed by atoms with Crippen LogP contribution in [-0.2, 0) is 0 Å². The molecule has 0 bridgehead atoms. The molecular formula is C19H12Cl2N4O. The molecule has 0 fully saturated rings. The second kappa shape index (κ2) is 6.78. The predicted molar refractivity (Wildman–Crippen MR) is 104 cm³/mol. The van der Waals surface area contributed by atoms with Crippen LogP contribution in [0.4, 0.5) is 5.82 Å². The minimum atomic E-state index is -0.316. The molecule has 0 atom stereocenters. The fourth-order valence-electron chi connectivity index (χ4n) is 2.67. The summed E-state index contributed by atoms with van der Waals surface area (Å²) in [4.78, 5) is 24.3. The average Bonchev–Trinajstić information content (AvgIpc) is 3.05. The summed E-state index contributed by atoms with van der Waals surface area (Å²) in [6.07, 6.45) is 3.40. The molecule has 128 valence electrons. The molecule has 5 nitrogen and oxygen atoms in total. The topological polar surface area (TPSA) is 70.7 Å². The molecule has 1 amide bonds. The van der Waals surface area contributed by atoms with Crippen LogP contribution in [0.25, 0.3) is 22.3 Å². The van der Waals surface area contributed by atoms with E-state index in [0.29, 0.717) is 27.1 Å². The second-order valence-corrected chi connectivity index (χ2v) is 6.44. The standard InChI is InChI=1S/C19H12Cl2N4O/c20-11-8-13-14(10-23-18(13)22-9-11)16-6-3-7-17(24-16)25-19(26)12-4-1-2-5-15(12)21/h1-10H,(H,22,23)(H,24,25,26). The number of fused-ring (bicyclic) bond motifs is 1. The smallest absolute Gasteiger partial charge is 0.258 e. The fourth-order valence-corrected chi connectivity index (χ4v) is 3.05. The molecule has 2 N–H and O–H groups in total. The number of halogens is 2. The zero-order valence-electron chi connectivity index (χ0n) is 13.3. The van der Waals surface area contributed by atoms with Gasteiger partial charge < -0.3 is 10.3 Å². The van der Waals surface area contributed by atoms with Gasteiger partial charge in [0.15, 0.2) is 0 Å².